The van der Waals surface area contributed by atoms with Crippen LogP contribution in [-0.2, 0) is 6.54 Å². The molecule has 1 N–H and O–H groups in total. The van der Waals surface area contributed by atoms with Gasteiger partial charge in [0.05, 0.1) is 18.1 Å². The summed E-state index contributed by atoms with van der Waals surface area (Å²) in [6.45, 7) is 5.08. The Balaban J connectivity index is 2.07. The Bertz CT molecular complexity index is 761. The van der Waals surface area contributed by atoms with E-state index in [0.29, 0.717) is 24.7 Å². The molecule has 2 rings (SSSR count). The van der Waals surface area contributed by atoms with Gasteiger partial charge in [0.25, 0.3) is 11.6 Å². The summed E-state index contributed by atoms with van der Waals surface area (Å²) in [7, 11) is 0. The number of ether oxygens (including phenoxy) is 2. The molecule has 7 heteroatoms. The van der Waals surface area contributed by atoms with Crippen LogP contribution in [0, 0.1) is 10.1 Å². The van der Waals surface area contributed by atoms with Gasteiger partial charge in [-0.1, -0.05) is 12.1 Å². The number of nitro groups is 1. The standard InChI is InChI=1S/C18H20N2O5/c1-3-24-16-9-8-13(10-17(16)25-4-2)12-19-18(21)14-6-5-7-15(11-14)20(22)23/h5-11H,3-4,12H2,1-2H3,(H,19,21). The zero-order valence-corrected chi connectivity index (χ0v) is 14.2. The van der Waals surface area contributed by atoms with Gasteiger partial charge in [0.2, 0.25) is 0 Å². The Morgan fingerprint density at radius 1 is 1.08 bits per heavy atom. The molecular formula is C18H20N2O5. The van der Waals surface area contributed by atoms with Crippen LogP contribution in [0.5, 0.6) is 11.5 Å². The van der Waals surface area contributed by atoms with Gasteiger partial charge in [-0.2, -0.15) is 0 Å². The van der Waals surface area contributed by atoms with Crippen molar-refractivity contribution in [2.45, 2.75) is 20.4 Å². The van der Waals surface area contributed by atoms with Crippen LogP contribution in [0.1, 0.15) is 29.8 Å². The summed E-state index contributed by atoms with van der Waals surface area (Å²) in [5, 5.41) is 13.5. The molecule has 2 aromatic rings. The third-order valence-corrected chi connectivity index (χ3v) is 3.38. The van der Waals surface area contributed by atoms with Crippen LogP contribution in [0.15, 0.2) is 42.5 Å². The summed E-state index contributed by atoms with van der Waals surface area (Å²) in [5.74, 6) is 0.889. The lowest BCUT2D eigenvalue weighted by Gasteiger charge is -2.13. The maximum absolute atomic E-state index is 12.2. The van der Waals surface area contributed by atoms with E-state index in [0.717, 1.165) is 5.56 Å². The van der Waals surface area contributed by atoms with E-state index >= 15 is 0 Å². The highest BCUT2D eigenvalue weighted by atomic mass is 16.6. The van der Waals surface area contributed by atoms with Crippen molar-refractivity contribution in [3.05, 3.63) is 63.7 Å². The zero-order valence-electron chi connectivity index (χ0n) is 14.2. The number of benzene rings is 2. The van der Waals surface area contributed by atoms with Crippen molar-refractivity contribution in [2.75, 3.05) is 13.2 Å². The molecule has 0 spiro atoms. The summed E-state index contributed by atoms with van der Waals surface area (Å²) in [5.41, 5.74) is 0.961. The number of non-ortho nitro benzene ring substituents is 1. The van der Waals surface area contributed by atoms with Gasteiger partial charge < -0.3 is 14.8 Å². The van der Waals surface area contributed by atoms with E-state index in [1.165, 1.54) is 24.3 Å². The molecule has 2 aromatic carbocycles. The highest BCUT2D eigenvalue weighted by molar-refractivity contribution is 5.94. The highest BCUT2D eigenvalue weighted by Gasteiger charge is 2.12. The minimum atomic E-state index is -0.530. The van der Waals surface area contributed by atoms with E-state index in [1.807, 2.05) is 26.0 Å². The molecule has 0 heterocycles. The smallest absolute Gasteiger partial charge is 0.270 e. The largest absolute Gasteiger partial charge is 0.490 e. The first-order chi connectivity index (χ1) is 12.0. The number of amides is 1. The van der Waals surface area contributed by atoms with Gasteiger partial charge in [-0.3, -0.25) is 14.9 Å². The molecule has 7 nitrogen and oxygen atoms in total. The van der Waals surface area contributed by atoms with Crippen molar-refractivity contribution in [3.8, 4) is 11.5 Å². The zero-order chi connectivity index (χ0) is 18.2. The normalized spacial score (nSPS) is 10.2. The first kappa shape index (κ1) is 18.3. The number of nitro benzene ring substituents is 1. The fourth-order valence-electron chi connectivity index (χ4n) is 2.25. The first-order valence-electron chi connectivity index (χ1n) is 7.96. The summed E-state index contributed by atoms with van der Waals surface area (Å²) in [6.07, 6.45) is 0. The Hall–Kier alpha value is -3.09. The molecule has 0 aliphatic carbocycles. The second kappa shape index (κ2) is 8.68. The SMILES string of the molecule is CCOc1ccc(CNC(=O)c2cccc([N+](=O)[O-])c2)cc1OCC. The summed E-state index contributed by atoms with van der Waals surface area (Å²) >= 11 is 0. The molecule has 0 atom stereocenters. The summed E-state index contributed by atoms with van der Waals surface area (Å²) in [6, 6.07) is 11.0. The monoisotopic (exact) mass is 344 g/mol. The topological polar surface area (TPSA) is 90.7 Å². The van der Waals surface area contributed by atoms with Gasteiger partial charge in [0.1, 0.15) is 0 Å². The van der Waals surface area contributed by atoms with Crippen molar-refractivity contribution in [2.24, 2.45) is 0 Å². The number of hydrogen-bond acceptors (Lipinski definition) is 5. The molecule has 0 aliphatic heterocycles. The minimum absolute atomic E-state index is 0.118. The highest BCUT2D eigenvalue weighted by Crippen LogP contribution is 2.28. The lowest BCUT2D eigenvalue weighted by atomic mass is 10.1. The van der Waals surface area contributed by atoms with Crippen LogP contribution in [-0.4, -0.2) is 24.0 Å². The number of carbonyl (C=O) groups excluding carboxylic acids is 1. The van der Waals surface area contributed by atoms with Gasteiger partial charge in [-0.05, 0) is 37.6 Å². The molecule has 0 saturated carbocycles. The maximum atomic E-state index is 12.2. The average molecular weight is 344 g/mol. The molecule has 25 heavy (non-hydrogen) atoms. The van der Waals surface area contributed by atoms with E-state index in [9.17, 15) is 14.9 Å². The van der Waals surface area contributed by atoms with Crippen LogP contribution in [0.4, 0.5) is 5.69 Å². The Morgan fingerprint density at radius 3 is 2.48 bits per heavy atom. The van der Waals surface area contributed by atoms with Crippen LogP contribution in [0.25, 0.3) is 0 Å². The van der Waals surface area contributed by atoms with E-state index in [-0.39, 0.29) is 23.7 Å². The molecule has 0 saturated heterocycles. The summed E-state index contributed by atoms with van der Waals surface area (Å²) in [4.78, 5) is 22.4. The predicted octanol–water partition coefficient (Wildman–Crippen LogP) is 3.32. The Morgan fingerprint density at radius 2 is 1.80 bits per heavy atom. The molecule has 0 radical (unpaired) electrons. The van der Waals surface area contributed by atoms with Gasteiger partial charge in [0.15, 0.2) is 11.5 Å². The maximum Gasteiger partial charge on any atom is 0.270 e. The van der Waals surface area contributed by atoms with E-state index in [2.05, 4.69) is 5.32 Å². The van der Waals surface area contributed by atoms with Crippen LogP contribution >= 0.6 is 0 Å². The third-order valence-electron chi connectivity index (χ3n) is 3.38. The molecule has 0 aromatic heterocycles. The van der Waals surface area contributed by atoms with Gasteiger partial charge in [-0.15, -0.1) is 0 Å². The Labute approximate surface area is 145 Å². The van der Waals surface area contributed by atoms with Crippen molar-refractivity contribution >= 4 is 11.6 Å². The van der Waals surface area contributed by atoms with Crippen LogP contribution in [0.3, 0.4) is 0 Å². The fraction of sp³-hybridized carbons (Fsp3) is 0.278. The summed E-state index contributed by atoms with van der Waals surface area (Å²) < 4.78 is 11.0. The number of carbonyl (C=O) groups is 1. The first-order valence-corrected chi connectivity index (χ1v) is 7.96. The van der Waals surface area contributed by atoms with Crippen LogP contribution in [0.2, 0.25) is 0 Å². The number of hydrogen-bond donors (Lipinski definition) is 1. The number of nitrogens with one attached hydrogen (secondary N) is 1. The lowest BCUT2D eigenvalue weighted by Crippen LogP contribution is -2.22. The lowest BCUT2D eigenvalue weighted by molar-refractivity contribution is -0.384. The van der Waals surface area contributed by atoms with E-state index in [1.54, 1.807) is 6.07 Å². The van der Waals surface area contributed by atoms with Gasteiger partial charge in [-0.25, -0.2) is 0 Å². The minimum Gasteiger partial charge on any atom is -0.490 e. The molecule has 132 valence electrons. The van der Waals surface area contributed by atoms with Gasteiger partial charge in [0, 0.05) is 24.2 Å². The van der Waals surface area contributed by atoms with E-state index in [4.69, 9.17) is 9.47 Å². The fourth-order valence-corrected chi connectivity index (χ4v) is 2.25. The quantitative estimate of drug-likeness (QED) is 0.586. The van der Waals surface area contributed by atoms with Crippen molar-refractivity contribution < 1.29 is 19.2 Å². The average Bonchev–Trinajstić information content (AvgIpc) is 2.62. The second-order valence-electron chi connectivity index (χ2n) is 5.14. The van der Waals surface area contributed by atoms with Crippen molar-refractivity contribution in [3.63, 3.8) is 0 Å². The predicted molar refractivity (Wildman–Crippen MR) is 93.0 cm³/mol. The molecule has 1 amide bonds. The molecule has 0 aliphatic rings. The Kier molecular flexibility index (Phi) is 6.33. The van der Waals surface area contributed by atoms with Crippen molar-refractivity contribution in [1.82, 2.24) is 5.32 Å². The number of nitrogens with zero attached hydrogens (tertiary/aromatic N) is 1. The third kappa shape index (κ3) is 4.94. The molecule has 0 bridgehead atoms. The molecule has 0 unspecified atom stereocenters. The van der Waals surface area contributed by atoms with Crippen LogP contribution < -0.4 is 14.8 Å². The molecule has 0 fully saturated rings. The van der Waals surface area contributed by atoms with Gasteiger partial charge >= 0.3 is 0 Å². The molecular weight excluding hydrogens is 324 g/mol. The van der Waals surface area contributed by atoms with E-state index < -0.39 is 4.92 Å². The van der Waals surface area contributed by atoms with Crippen molar-refractivity contribution in [1.29, 1.82) is 0 Å². The number of rotatable bonds is 8. The second-order valence-corrected chi connectivity index (χ2v) is 5.14.